The second-order valence-electron chi connectivity index (χ2n) is 5.85. The van der Waals surface area contributed by atoms with Gasteiger partial charge >= 0.3 is 0 Å². The summed E-state index contributed by atoms with van der Waals surface area (Å²) in [5.74, 6) is 0.345. The molecule has 0 spiro atoms. The molecular weight excluding hydrogens is 348 g/mol. The summed E-state index contributed by atoms with van der Waals surface area (Å²) in [4.78, 5) is 24.8. The van der Waals surface area contributed by atoms with Crippen molar-refractivity contribution in [1.82, 2.24) is 0 Å². The number of Topliss-reactive ketones (excluding diaryl/α,β-unsaturated/α-hetero) is 1. The molecule has 0 aliphatic heterocycles. The fourth-order valence-electron chi connectivity index (χ4n) is 2.55. The molecule has 26 heavy (non-hydrogen) atoms. The third kappa shape index (κ3) is 4.19. The van der Waals surface area contributed by atoms with E-state index in [1.165, 1.54) is 0 Å². The first-order valence-corrected chi connectivity index (χ1v) is 8.58. The van der Waals surface area contributed by atoms with E-state index in [2.05, 4.69) is 0 Å². The maximum atomic E-state index is 12.4. The van der Waals surface area contributed by atoms with Gasteiger partial charge < -0.3 is 4.74 Å². The van der Waals surface area contributed by atoms with Crippen molar-refractivity contribution in [2.75, 3.05) is 0 Å². The molecule has 0 radical (unpaired) electrons. The van der Waals surface area contributed by atoms with Gasteiger partial charge in [-0.05, 0) is 55.5 Å². The van der Waals surface area contributed by atoms with Crippen molar-refractivity contribution >= 4 is 23.2 Å². The van der Waals surface area contributed by atoms with Crippen LogP contribution < -0.4 is 4.74 Å². The Hall–Kier alpha value is -2.91. The van der Waals surface area contributed by atoms with Gasteiger partial charge in [0.05, 0.1) is 0 Å². The van der Waals surface area contributed by atoms with Gasteiger partial charge in [0.25, 0.3) is 0 Å². The minimum absolute atomic E-state index is 0.0533. The Morgan fingerprint density at radius 2 is 1.31 bits per heavy atom. The molecule has 0 heterocycles. The van der Waals surface area contributed by atoms with Gasteiger partial charge in [0.15, 0.2) is 11.9 Å². The summed E-state index contributed by atoms with van der Waals surface area (Å²) in [7, 11) is 0. The first kappa shape index (κ1) is 17.9. The number of carbonyl (C=O) groups is 2. The minimum atomic E-state index is -0.646. The molecule has 1 atom stereocenters. The Labute approximate surface area is 157 Å². The van der Waals surface area contributed by atoms with Gasteiger partial charge in [0, 0.05) is 21.7 Å². The van der Waals surface area contributed by atoms with Crippen LogP contribution >= 0.6 is 11.6 Å². The van der Waals surface area contributed by atoms with E-state index >= 15 is 0 Å². The first-order chi connectivity index (χ1) is 12.5. The highest BCUT2D eigenvalue weighted by Gasteiger charge is 2.17. The largest absolute Gasteiger partial charge is 0.483 e. The average molecular weight is 365 g/mol. The highest BCUT2D eigenvalue weighted by atomic mass is 35.5. The predicted molar refractivity (Wildman–Crippen MR) is 102 cm³/mol. The normalized spacial score (nSPS) is 11.6. The van der Waals surface area contributed by atoms with Crippen molar-refractivity contribution in [2.45, 2.75) is 13.0 Å². The molecule has 0 fully saturated rings. The van der Waals surface area contributed by atoms with Gasteiger partial charge in [-0.15, -0.1) is 0 Å². The van der Waals surface area contributed by atoms with Gasteiger partial charge in [-0.1, -0.05) is 41.9 Å². The Bertz CT molecular complexity index is 900. The summed E-state index contributed by atoms with van der Waals surface area (Å²) in [6, 6.07) is 22.6. The standard InChI is InChI=1S/C22H17ClO3/c1-15(21(24)17-7-11-19(23)12-8-17)26-20-13-9-18(10-14-20)22(25)16-5-3-2-4-6-16/h2-15H,1H3. The van der Waals surface area contributed by atoms with Crippen molar-refractivity contribution in [2.24, 2.45) is 0 Å². The molecule has 130 valence electrons. The zero-order chi connectivity index (χ0) is 18.5. The lowest BCUT2D eigenvalue weighted by atomic mass is 10.0. The fourth-order valence-corrected chi connectivity index (χ4v) is 2.67. The molecule has 3 nitrogen and oxygen atoms in total. The Morgan fingerprint density at radius 3 is 1.92 bits per heavy atom. The zero-order valence-electron chi connectivity index (χ0n) is 14.2. The highest BCUT2D eigenvalue weighted by Crippen LogP contribution is 2.18. The lowest BCUT2D eigenvalue weighted by Gasteiger charge is -2.14. The smallest absolute Gasteiger partial charge is 0.202 e. The summed E-state index contributed by atoms with van der Waals surface area (Å²) in [6.45, 7) is 1.69. The maximum Gasteiger partial charge on any atom is 0.202 e. The molecule has 3 aromatic carbocycles. The van der Waals surface area contributed by atoms with Crippen LogP contribution in [0, 0.1) is 0 Å². The van der Waals surface area contributed by atoms with E-state index in [-0.39, 0.29) is 11.6 Å². The van der Waals surface area contributed by atoms with Crippen molar-refractivity contribution in [1.29, 1.82) is 0 Å². The van der Waals surface area contributed by atoms with Crippen LogP contribution in [-0.2, 0) is 0 Å². The Morgan fingerprint density at radius 1 is 0.769 bits per heavy atom. The van der Waals surface area contributed by atoms with Gasteiger partial charge in [0.1, 0.15) is 5.75 Å². The number of ketones is 2. The monoisotopic (exact) mass is 364 g/mol. The number of halogens is 1. The summed E-state index contributed by atoms with van der Waals surface area (Å²) in [5.41, 5.74) is 1.74. The topological polar surface area (TPSA) is 43.4 Å². The van der Waals surface area contributed by atoms with Gasteiger partial charge in [-0.25, -0.2) is 0 Å². The third-order valence-electron chi connectivity index (χ3n) is 3.96. The molecule has 0 aliphatic rings. The van der Waals surface area contributed by atoms with Crippen LogP contribution in [0.1, 0.15) is 33.2 Å². The lowest BCUT2D eigenvalue weighted by Crippen LogP contribution is -2.23. The number of benzene rings is 3. The molecule has 4 heteroatoms. The van der Waals surface area contributed by atoms with E-state index < -0.39 is 6.10 Å². The second kappa shape index (κ2) is 7.98. The average Bonchev–Trinajstić information content (AvgIpc) is 2.68. The molecule has 0 amide bonds. The highest BCUT2D eigenvalue weighted by molar-refractivity contribution is 6.30. The summed E-state index contributed by atoms with van der Waals surface area (Å²) in [5, 5.41) is 0.578. The number of ether oxygens (including phenoxy) is 1. The van der Waals surface area contributed by atoms with Crippen LogP contribution in [0.15, 0.2) is 78.9 Å². The van der Waals surface area contributed by atoms with E-state index in [0.29, 0.717) is 27.5 Å². The van der Waals surface area contributed by atoms with Gasteiger partial charge in [-0.3, -0.25) is 9.59 Å². The fraction of sp³-hybridized carbons (Fsp3) is 0.0909. The zero-order valence-corrected chi connectivity index (χ0v) is 14.9. The van der Waals surface area contributed by atoms with Crippen molar-refractivity contribution < 1.29 is 14.3 Å². The van der Waals surface area contributed by atoms with Gasteiger partial charge in [-0.2, -0.15) is 0 Å². The van der Waals surface area contributed by atoms with Crippen LogP contribution in [0.2, 0.25) is 5.02 Å². The molecule has 3 rings (SSSR count). The van der Waals surface area contributed by atoms with E-state index in [9.17, 15) is 9.59 Å². The summed E-state index contributed by atoms with van der Waals surface area (Å²) < 4.78 is 5.71. The third-order valence-corrected chi connectivity index (χ3v) is 4.22. The number of hydrogen-bond donors (Lipinski definition) is 0. The molecule has 0 bridgehead atoms. The van der Waals surface area contributed by atoms with E-state index in [1.807, 2.05) is 18.2 Å². The molecule has 1 unspecified atom stereocenters. The van der Waals surface area contributed by atoms with Crippen molar-refractivity contribution in [3.63, 3.8) is 0 Å². The second-order valence-corrected chi connectivity index (χ2v) is 6.29. The van der Waals surface area contributed by atoms with E-state index in [0.717, 1.165) is 0 Å². The molecule has 0 aromatic heterocycles. The number of hydrogen-bond acceptors (Lipinski definition) is 3. The van der Waals surface area contributed by atoms with Crippen LogP contribution in [0.25, 0.3) is 0 Å². The van der Waals surface area contributed by atoms with Crippen molar-refractivity contribution in [3.8, 4) is 5.75 Å². The lowest BCUT2D eigenvalue weighted by molar-refractivity contribution is 0.0817. The van der Waals surface area contributed by atoms with Crippen LogP contribution in [0.4, 0.5) is 0 Å². The minimum Gasteiger partial charge on any atom is -0.483 e. The number of carbonyl (C=O) groups excluding carboxylic acids is 2. The van der Waals surface area contributed by atoms with Crippen molar-refractivity contribution in [3.05, 3.63) is 101 Å². The molecule has 0 N–H and O–H groups in total. The molecule has 0 saturated heterocycles. The summed E-state index contributed by atoms with van der Waals surface area (Å²) >= 11 is 5.84. The predicted octanol–water partition coefficient (Wildman–Crippen LogP) is 5.22. The molecule has 0 saturated carbocycles. The molecule has 0 aliphatic carbocycles. The SMILES string of the molecule is CC(Oc1ccc(C(=O)c2ccccc2)cc1)C(=O)c1ccc(Cl)cc1. The molecular formula is C22H17ClO3. The Balaban J connectivity index is 1.68. The summed E-state index contributed by atoms with van der Waals surface area (Å²) in [6.07, 6.45) is -0.646. The van der Waals surface area contributed by atoms with Crippen LogP contribution in [0.3, 0.4) is 0 Å². The quantitative estimate of drug-likeness (QED) is 0.563. The van der Waals surface area contributed by atoms with Crippen LogP contribution in [-0.4, -0.2) is 17.7 Å². The van der Waals surface area contributed by atoms with E-state index in [4.69, 9.17) is 16.3 Å². The van der Waals surface area contributed by atoms with Crippen LogP contribution in [0.5, 0.6) is 5.75 Å². The number of rotatable bonds is 6. The first-order valence-electron chi connectivity index (χ1n) is 8.21. The van der Waals surface area contributed by atoms with Gasteiger partial charge in [0.2, 0.25) is 5.78 Å². The van der Waals surface area contributed by atoms with E-state index in [1.54, 1.807) is 67.6 Å². The Kier molecular flexibility index (Phi) is 5.49. The maximum absolute atomic E-state index is 12.4. The molecule has 3 aromatic rings.